The van der Waals surface area contributed by atoms with Gasteiger partial charge in [-0.15, -0.1) is 0 Å². The molecule has 4 N–H and O–H groups in total. The average molecular weight is 336 g/mol. The van der Waals surface area contributed by atoms with E-state index in [1.165, 1.54) is 11.2 Å². The minimum atomic E-state index is -0.344. The number of hydrazine groups is 1. The van der Waals surface area contributed by atoms with Gasteiger partial charge < -0.3 is 10.6 Å². The maximum Gasteiger partial charge on any atom is 0.269 e. The van der Waals surface area contributed by atoms with Crippen LogP contribution in [0.25, 0.3) is 0 Å². The molecule has 1 heterocycles. The van der Waals surface area contributed by atoms with Crippen LogP contribution in [0.15, 0.2) is 30.6 Å². The van der Waals surface area contributed by atoms with Gasteiger partial charge in [-0.05, 0) is 18.6 Å². The highest BCUT2D eigenvalue weighted by atomic mass is 16.2. The van der Waals surface area contributed by atoms with E-state index < -0.39 is 0 Å². The van der Waals surface area contributed by atoms with Crippen LogP contribution in [0.3, 0.4) is 0 Å². The summed E-state index contributed by atoms with van der Waals surface area (Å²) in [6.45, 7) is 1.72. The Hall–Kier alpha value is -3.85. The van der Waals surface area contributed by atoms with E-state index in [0.717, 1.165) is 5.56 Å². The molecular formula is C16H16N8O. The van der Waals surface area contributed by atoms with Crippen molar-refractivity contribution < 1.29 is 4.79 Å². The Labute approximate surface area is 144 Å². The minimum Gasteiger partial charge on any atom is -0.393 e. The first-order valence-corrected chi connectivity index (χ1v) is 7.29. The Balaban J connectivity index is 2.17. The van der Waals surface area contributed by atoms with Crippen molar-refractivity contribution in [3.63, 3.8) is 0 Å². The van der Waals surface area contributed by atoms with Crippen molar-refractivity contribution in [2.24, 2.45) is 0 Å². The number of nitrogen functional groups attached to an aromatic ring is 1. The lowest BCUT2D eigenvalue weighted by molar-refractivity contribution is 0.0962. The van der Waals surface area contributed by atoms with E-state index in [9.17, 15) is 4.79 Å². The summed E-state index contributed by atoms with van der Waals surface area (Å²) >= 11 is 0. The van der Waals surface area contributed by atoms with Gasteiger partial charge in [0.05, 0.1) is 12.1 Å². The predicted octanol–water partition coefficient (Wildman–Crippen LogP) is 0.978. The standard InChI is InChI=1S/C16H16N8O/c1-11-4-2-3-5-12(11)16(25)23-22-14-13(19)15(21-10-20-14)24(8-6-17)9-7-18/h2-5,10H,8-9,19H2,1H3,(H,23,25)(H,20,21,22). The van der Waals surface area contributed by atoms with Crippen LogP contribution in [0.4, 0.5) is 17.3 Å². The van der Waals surface area contributed by atoms with Crippen LogP contribution in [0, 0.1) is 29.6 Å². The molecule has 2 rings (SSSR count). The highest BCUT2D eigenvalue weighted by Crippen LogP contribution is 2.25. The number of carbonyl (C=O) groups is 1. The Morgan fingerprint density at radius 1 is 1.24 bits per heavy atom. The van der Waals surface area contributed by atoms with E-state index in [-0.39, 0.29) is 36.3 Å². The normalized spacial score (nSPS) is 9.56. The van der Waals surface area contributed by atoms with Crippen LogP contribution in [0.1, 0.15) is 15.9 Å². The monoisotopic (exact) mass is 336 g/mol. The fraction of sp³-hybridized carbons (Fsp3) is 0.188. The Morgan fingerprint density at radius 3 is 2.56 bits per heavy atom. The van der Waals surface area contributed by atoms with Gasteiger partial charge in [-0.25, -0.2) is 9.97 Å². The lowest BCUT2D eigenvalue weighted by Gasteiger charge is -2.20. The van der Waals surface area contributed by atoms with E-state index in [1.807, 2.05) is 31.2 Å². The molecule has 0 bridgehead atoms. The predicted molar refractivity (Wildman–Crippen MR) is 92.2 cm³/mol. The molecule has 0 radical (unpaired) electrons. The molecule has 0 saturated carbocycles. The number of aryl methyl sites for hydroxylation is 1. The zero-order valence-electron chi connectivity index (χ0n) is 13.5. The third-order valence-electron chi connectivity index (χ3n) is 3.37. The van der Waals surface area contributed by atoms with E-state index in [2.05, 4.69) is 20.8 Å². The van der Waals surface area contributed by atoms with Crippen LogP contribution in [0.2, 0.25) is 0 Å². The van der Waals surface area contributed by atoms with Crippen LogP contribution in [-0.2, 0) is 0 Å². The Kier molecular flexibility index (Phi) is 5.69. The van der Waals surface area contributed by atoms with E-state index in [1.54, 1.807) is 12.1 Å². The van der Waals surface area contributed by atoms with Gasteiger partial charge in [0, 0.05) is 5.56 Å². The fourth-order valence-electron chi connectivity index (χ4n) is 2.13. The van der Waals surface area contributed by atoms with Gasteiger partial charge in [-0.2, -0.15) is 10.5 Å². The van der Waals surface area contributed by atoms with Crippen molar-refractivity contribution in [3.8, 4) is 12.1 Å². The summed E-state index contributed by atoms with van der Waals surface area (Å²) in [5.41, 5.74) is 12.6. The van der Waals surface area contributed by atoms with Crippen molar-refractivity contribution in [2.75, 3.05) is 29.1 Å². The molecule has 9 heteroatoms. The SMILES string of the molecule is Cc1ccccc1C(=O)NNc1ncnc(N(CC#N)CC#N)c1N. The van der Waals surface area contributed by atoms with Gasteiger partial charge in [-0.3, -0.25) is 15.6 Å². The Bertz CT molecular complexity index is 836. The molecule has 126 valence electrons. The van der Waals surface area contributed by atoms with Gasteiger partial charge >= 0.3 is 0 Å². The number of amides is 1. The van der Waals surface area contributed by atoms with Crippen molar-refractivity contribution in [1.29, 1.82) is 10.5 Å². The lowest BCUT2D eigenvalue weighted by Crippen LogP contribution is -2.32. The van der Waals surface area contributed by atoms with Gasteiger partial charge in [-0.1, -0.05) is 18.2 Å². The summed E-state index contributed by atoms with van der Waals surface area (Å²) < 4.78 is 0. The van der Waals surface area contributed by atoms with Crippen molar-refractivity contribution in [2.45, 2.75) is 6.92 Å². The summed E-state index contributed by atoms with van der Waals surface area (Å²) in [4.78, 5) is 21.6. The number of nitriles is 2. The molecule has 0 spiro atoms. The number of rotatable bonds is 6. The molecule has 1 aromatic heterocycles. The van der Waals surface area contributed by atoms with Crippen LogP contribution in [-0.4, -0.2) is 29.0 Å². The number of hydrogen-bond acceptors (Lipinski definition) is 8. The van der Waals surface area contributed by atoms with Crippen molar-refractivity contribution in [1.82, 2.24) is 15.4 Å². The quantitative estimate of drug-likeness (QED) is 0.523. The van der Waals surface area contributed by atoms with Gasteiger partial charge in [0.25, 0.3) is 5.91 Å². The number of benzene rings is 1. The number of nitrogens with two attached hydrogens (primary N) is 1. The molecule has 1 amide bonds. The molecule has 0 atom stereocenters. The molecule has 1 aromatic carbocycles. The van der Waals surface area contributed by atoms with Gasteiger partial charge in [0.2, 0.25) is 0 Å². The van der Waals surface area contributed by atoms with Gasteiger partial charge in [0.1, 0.15) is 25.1 Å². The second-order valence-corrected chi connectivity index (χ2v) is 5.03. The fourth-order valence-corrected chi connectivity index (χ4v) is 2.13. The molecule has 0 unspecified atom stereocenters. The smallest absolute Gasteiger partial charge is 0.269 e. The molecule has 0 aliphatic carbocycles. The summed E-state index contributed by atoms with van der Waals surface area (Å²) in [5, 5.41) is 17.7. The first kappa shape index (κ1) is 17.5. The third kappa shape index (κ3) is 4.12. The van der Waals surface area contributed by atoms with E-state index in [4.69, 9.17) is 16.3 Å². The molecule has 0 fully saturated rings. The van der Waals surface area contributed by atoms with E-state index in [0.29, 0.717) is 5.56 Å². The third-order valence-corrected chi connectivity index (χ3v) is 3.37. The highest BCUT2D eigenvalue weighted by Gasteiger charge is 2.16. The zero-order valence-corrected chi connectivity index (χ0v) is 13.5. The Morgan fingerprint density at radius 2 is 1.92 bits per heavy atom. The maximum absolute atomic E-state index is 12.2. The topological polar surface area (TPSA) is 144 Å². The summed E-state index contributed by atoms with van der Waals surface area (Å²) in [6, 6.07) is 11.0. The molecule has 9 nitrogen and oxygen atoms in total. The summed E-state index contributed by atoms with van der Waals surface area (Å²) in [5.74, 6) is 0.0714. The molecule has 0 aliphatic heterocycles. The summed E-state index contributed by atoms with van der Waals surface area (Å²) in [7, 11) is 0. The second kappa shape index (κ2) is 8.13. The second-order valence-electron chi connectivity index (χ2n) is 5.03. The number of nitrogens with zero attached hydrogens (tertiary/aromatic N) is 5. The number of anilines is 3. The van der Waals surface area contributed by atoms with Crippen LogP contribution in [0.5, 0.6) is 0 Å². The van der Waals surface area contributed by atoms with Crippen LogP contribution >= 0.6 is 0 Å². The summed E-state index contributed by atoms with van der Waals surface area (Å²) in [6.07, 6.45) is 1.23. The van der Waals surface area contributed by atoms with Crippen molar-refractivity contribution >= 4 is 23.2 Å². The highest BCUT2D eigenvalue weighted by molar-refractivity contribution is 5.96. The molecule has 0 aliphatic rings. The van der Waals surface area contributed by atoms with Crippen LogP contribution < -0.4 is 21.5 Å². The zero-order chi connectivity index (χ0) is 18.2. The minimum absolute atomic E-state index is 0.0518. The average Bonchev–Trinajstić information content (AvgIpc) is 2.61. The molecule has 2 aromatic rings. The number of nitrogens with one attached hydrogen (secondary N) is 2. The molecular weight excluding hydrogens is 320 g/mol. The number of aromatic nitrogens is 2. The largest absolute Gasteiger partial charge is 0.393 e. The maximum atomic E-state index is 12.2. The first-order valence-electron chi connectivity index (χ1n) is 7.29. The van der Waals surface area contributed by atoms with Crippen molar-refractivity contribution in [3.05, 3.63) is 41.7 Å². The molecule has 0 saturated heterocycles. The first-order chi connectivity index (χ1) is 12.1. The lowest BCUT2D eigenvalue weighted by atomic mass is 10.1. The van der Waals surface area contributed by atoms with Gasteiger partial charge in [0.15, 0.2) is 11.6 Å². The number of hydrogen-bond donors (Lipinski definition) is 3. The van der Waals surface area contributed by atoms with E-state index >= 15 is 0 Å². The molecule has 25 heavy (non-hydrogen) atoms. The number of carbonyl (C=O) groups excluding carboxylic acids is 1.